The van der Waals surface area contributed by atoms with Crippen LogP contribution in [0.4, 0.5) is 0 Å². The second-order valence-electron chi connectivity index (χ2n) is 5.98. The summed E-state index contributed by atoms with van der Waals surface area (Å²) in [5.74, 6) is 0.930. The van der Waals surface area contributed by atoms with Crippen LogP contribution in [0.25, 0.3) is 0 Å². The van der Waals surface area contributed by atoms with Crippen LogP contribution in [0.3, 0.4) is 0 Å². The number of aryl methyl sites for hydroxylation is 1. The third kappa shape index (κ3) is 3.74. The highest BCUT2D eigenvalue weighted by Crippen LogP contribution is 2.35. The molecule has 0 saturated heterocycles. The van der Waals surface area contributed by atoms with Gasteiger partial charge in [0.1, 0.15) is 5.75 Å². The molecule has 0 aromatic heterocycles. The van der Waals surface area contributed by atoms with Crippen LogP contribution >= 0.6 is 0 Å². The molecule has 0 amide bonds. The minimum absolute atomic E-state index is 0.203. The molecule has 2 nitrogen and oxygen atoms in total. The first kappa shape index (κ1) is 15.0. The summed E-state index contributed by atoms with van der Waals surface area (Å²) in [7, 11) is 1.71. The molecule has 102 valence electrons. The highest BCUT2D eigenvalue weighted by Gasteiger charge is 2.26. The van der Waals surface area contributed by atoms with E-state index in [1.165, 1.54) is 11.1 Å². The molecule has 0 saturated carbocycles. The van der Waals surface area contributed by atoms with Gasteiger partial charge in [0, 0.05) is 6.04 Å². The zero-order chi connectivity index (χ0) is 13.8. The quantitative estimate of drug-likeness (QED) is 0.848. The molecule has 0 aliphatic carbocycles. The van der Waals surface area contributed by atoms with Gasteiger partial charge in [0.25, 0.3) is 0 Å². The Labute approximate surface area is 112 Å². The summed E-state index contributed by atoms with van der Waals surface area (Å²) < 4.78 is 5.28. The van der Waals surface area contributed by atoms with E-state index >= 15 is 0 Å². The molecule has 1 atom stereocenters. The number of hydrogen-bond donors (Lipinski definition) is 1. The molecule has 1 N–H and O–H groups in total. The van der Waals surface area contributed by atoms with Gasteiger partial charge in [-0.15, -0.1) is 0 Å². The Morgan fingerprint density at radius 2 is 1.94 bits per heavy atom. The van der Waals surface area contributed by atoms with Crippen LogP contribution in [0.15, 0.2) is 18.2 Å². The molecule has 1 aromatic carbocycles. The molecule has 2 heteroatoms. The van der Waals surface area contributed by atoms with Crippen molar-refractivity contribution >= 4 is 0 Å². The van der Waals surface area contributed by atoms with E-state index in [-0.39, 0.29) is 5.41 Å². The van der Waals surface area contributed by atoms with Crippen LogP contribution in [0.5, 0.6) is 5.75 Å². The lowest BCUT2D eigenvalue weighted by Gasteiger charge is -2.33. The van der Waals surface area contributed by atoms with E-state index in [1.807, 2.05) is 0 Å². The number of benzene rings is 1. The maximum Gasteiger partial charge on any atom is 0.119 e. The minimum atomic E-state index is 0.203. The number of hydrogen-bond acceptors (Lipinski definition) is 2. The van der Waals surface area contributed by atoms with E-state index in [4.69, 9.17) is 4.74 Å². The highest BCUT2D eigenvalue weighted by atomic mass is 16.5. The van der Waals surface area contributed by atoms with Crippen LogP contribution < -0.4 is 10.1 Å². The summed E-state index contributed by atoms with van der Waals surface area (Å²) >= 11 is 0. The lowest BCUT2D eigenvalue weighted by molar-refractivity contribution is 0.272. The van der Waals surface area contributed by atoms with E-state index in [1.54, 1.807) is 7.11 Å². The van der Waals surface area contributed by atoms with Crippen molar-refractivity contribution in [3.63, 3.8) is 0 Å². The molecule has 0 spiro atoms. The fraction of sp³-hybridized carbons (Fsp3) is 0.625. The van der Waals surface area contributed by atoms with Gasteiger partial charge in [0.15, 0.2) is 0 Å². The molecule has 0 heterocycles. The lowest BCUT2D eigenvalue weighted by Crippen LogP contribution is -2.33. The Morgan fingerprint density at radius 1 is 1.28 bits per heavy atom. The number of methoxy groups -OCH3 is 1. The average Bonchev–Trinajstić information content (AvgIpc) is 2.29. The van der Waals surface area contributed by atoms with E-state index in [0.717, 1.165) is 18.7 Å². The molecule has 0 bridgehead atoms. The lowest BCUT2D eigenvalue weighted by atomic mass is 9.80. The fourth-order valence-electron chi connectivity index (χ4n) is 2.27. The summed E-state index contributed by atoms with van der Waals surface area (Å²) in [6.07, 6.45) is 1.15. The predicted molar refractivity (Wildman–Crippen MR) is 78.2 cm³/mol. The first-order valence-electron chi connectivity index (χ1n) is 6.78. The average molecular weight is 249 g/mol. The number of nitrogens with one attached hydrogen (secondary N) is 1. The van der Waals surface area contributed by atoms with Crippen LogP contribution in [-0.2, 0) is 0 Å². The smallest absolute Gasteiger partial charge is 0.119 e. The van der Waals surface area contributed by atoms with Crippen molar-refractivity contribution in [2.45, 2.75) is 47.1 Å². The second-order valence-corrected chi connectivity index (χ2v) is 5.98. The first-order chi connectivity index (χ1) is 8.40. The molecule has 18 heavy (non-hydrogen) atoms. The van der Waals surface area contributed by atoms with Gasteiger partial charge in [0.2, 0.25) is 0 Å². The SMILES string of the molecule is CCCNC(c1ccc(OC)cc1C)C(C)(C)C. The Hall–Kier alpha value is -1.02. The Balaban J connectivity index is 3.05. The van der Waals surface area contributed by atoms with Gasteiger partial charge in [-0.3, -0.25) is 0 Å². The Bertz CT molecular complexity index is 379. The molecule has 0 aliphatic rings. The van der Waals surface area contributed by atoms with Crippen molar-refractivity contribution in [2.24, 2.45) is 5.41 Å². The van der Waals surface area contributed by atoms with Gasteiger partial charge < -0.3 is 10.1 Å². The largest absolute Gasteiger partial charge is 0.497 e. The third-order valence-corrected chi connectivity index (χ3v) is 3.25. The number of ether oxygens (including phenoxy) is 1. The molecule has 1 aromatic rings. The molecule has 1 rings (SSSR count). The summed E-state index contributed by atoms with van der Waals surface area (Å²) in [5.41, 5.74) is 2.86. The van der Waals surface area contributed by atoms with Crippen LogP contribution in [0.2, 0.25) is 0 Å². The van der Waals surface area contributed by atoms with Gasteiger partial charge in [-0.1, -0.05) is 33.8 Å². The summed E-state index contributed by atoms with van der Waals surface area (Å²) in [6, 6.07) is 6.73. The third-order valence-electron chi connectivity index (χ3n) is 3.25. The van der Waals surface area contributed by atoms with Gasteiger partial charge in [-0.25, -0.2) is 0 Å². The predicted octanol–water partition coefficient (Wildman–Crippen LogP) is 4.09. The van der Waals surface area contributed by atoms with Gasteiger partial charge >= 0.3 is 0 Å². The molecule has 1 unspecified atom stereocenters. The zero-order valence-electron chi connectivity index (χ0n) is 12.6. The van der Waals surface area contributed by atoms with Gasteiger partial charge in [-0.2, -0.15) is 0 Å². The van der Waals surface area contributed by atoms with Gasteiger partial charge in [0.05, 0.1) is 7.11 Å². The van der Waals surface area contributed by atoms with Crippen molar-refractivity contribution in [2.75, 3.05) is 13.7 Å². The Morgan fingerprint density at radius 3 is 2.39 bits per heavy atom. The van der Waals surface area contributed by atoms with Crippen molar-refractivity contribution in [1.29, 1.82) is 0 Å². The monoisotopic (exact) mass is 249 g/mol. The van der Waals surface area contributed by atoms with E-state index in [2.05, 4.69) is 58.1 Å². The van der Waals surface area contributed by atoms with Gasteiger partial charge in [-0.05, 0) is 48.6 Å². The number of rotatable bonds is 5. The normalized spacial score (nSPS) is 13.4. The summed E-state index contributed by atoms with van der Waals surface area (Å²) in [6.45, 7) is 12.3. The molecule has 0 radical (unpaired) electrons. The second kappa shape index (κ2) is 6.24. The van der Waals surface area contributed by atoms with E-state index < -0.39 is 0 Å². The zero-order valence-corrected chi connectivity index (χ0v) is 12.6. The molecule has 0 aliphatic heterocycles. The fourth-order valence-corrected chi connectivity index (χ4v) is 2.27. The maximum absolute atomic E-state index is 5.28. The van der Waals surface area contributed by atoms with Crippen LogP contribution in [0.1, 0.15) is 51.3 Å². The highest BCUT2D eigenvalue weighted by molar-refractivity contribution is 5.37. The summed E-state index contributed by atoms with van der Waals surface area (Å²) in [5, 5.41) is 3.66. The van der Waals surface area contributed by atoms with E-state index in [9.17, 15) is 0 Å². The Kier molecular flexibility index (Phi) is 5.21. The topological polar surface area (TPSA) is 21.3 Å². The minimum Gasteiger partial charge on any atom is -0.497 e. The van der Waals surface area contributed by atoms with Crippen molar-refractivity contribution in [3.8, 4) is 5.75 Å². The van der Waals surface area contributed by atoms with Crippen molar-refractivity contribution in [1.82, 2.24) is 5.32 Å². The maximum atomic E-state index is 5.28. The molecule has 0 fully saturated rings. The summed E-state index contributed by atoms with van der Waals surface area (Å²) in [4.78, 5) is 0. The standard InChI is InChI=1S/C16H27NO/c1-7-10-17-15(16(3,4)5)14-9-8-13(18-6)11-12(14)2/h8-9,11,15,17H,7,10H2,1-6H3. The first-order valence-corrected chi connectivity index (χ1v) is 6.78. The van der Waals surface area contributed by atoms with Crippen LogP contribution in [-0.4, -0.2) is 13.7 Å². The van der Waals surface area contributed by atoms with Crippen molar-refractivity contribution < 1.29 is 4.74 Å². The molecular formula is C16H27NO. The van der Waals surface area contributed by atoms with E-state index in [0.29, 0.717) is 6.04 Å². The van der Waals surface area contributed by atoms with Crippen molar-refractivity contribution in [3.05, 3.63) is 29.3 Å². The van der Waals surface area contributed by atoms with Crippen LogP contribution in [0, 0.1) is 12.3 Å². The molecular weight excluding hydrogens is 222 g/mol.